The van der Waals surface area contributed by atoms with Crippen LogP contribution in [0.25, 0.3) is 0 Å². The van der Waals surface area contributed by atoms with Crippen molar-refractivity contribution in [2.24, 2.45) is 0 Å². The van der Waals surface area contributed by atoms with Crippen LogP contribution in [-0.2, 0) is 6.42 Å². The highest BCUT2D eigenvalue weighted by Crippen LogP contribution is 2.29. The van der Waals surface area contributed by atoms with Gasteiger partial charge in [-0.15, -0.1) is 0 Å². The van der Waals surface area contributed by atoms with Gasteiger partial charge in [-0.2, -0.15) is 0 Å². The topological polar surface area (TPSA) is 12.0 Å². The zero-order valence-electron chi connectivity index (χ0n) is 12.0. The van der Waals surface area contributed by atoms with Gasteiger partial charge < -0.3 is 5.32 Å². The summed E-state index contributed by atoms with van der Waals surface area (Å²) < 4.78 is 0. The van der Waals surface area contributed by atoms with Crippen LogP contribution in [0.4, 0.5) is 0 Å². The second kappa shape index (κ2) is 6.62. The summed E-state index contributed by atoms with van der Waals surface area (Å²) in [6.45, 7) is 4.09. The Balaban J connectivity index is 2.28. The molecule has 0 saturated carbocycles. The Morgan fingerprint density at radius 2 is 1.55 bits per heavy atom. The average Bonchev–Trinajstić information content (AvgIpc) is 2.39. The quantitative estimate of drug-likeness (QED) is 0.827. The van der Waals surface area contributed by atoms with Gasteiger partial charge in [0.05, 0.1) is 0 Å². The number of likely N-dealkylation sites (N-methyl/N-ethyl adjacent to an activating group) is 1. The van der Waals surface area contributed by atoms with Crippen LogP contribution in [0.1, 0.15) is 28.3 Å². The highest BCUT2D eigenvalue weighted by Gasteiger charge is 2.15. The van der Waals surface area contributed by atoms with Gasteiger partial charge in [-0.05, 0) is 61.7 Å². The van der Waals surface area contributed by atoms with E-state index in [1.165, 1.54) is 11.1 Å². The van der Waals surface area contributed by atoms with Crippen LogP contribution < -0.4 is 5.32 Å². The lowest BCUT2D eigenvalue weighted by molar-refractivity contribution is 0.592. The van der Waals surface area contributed by atoms with Gasteiger partial charge in [-0.25, -0.2) is 0 Å². The van der Waals surface area contributed by atoms with Crippen molar-refractivity contribution < 1.29 is 0 Å². The predicted octanol–water partition coefficient (Wildman–Crippen LogP) is 5.11. The van der Waals surface area contributed by atoms with Crippen LogP contribution in [0.15, 0.2) is 36.4 Å². The van der Waals surface area contributed by atoms with Gasteiger partial charge in [0.1, 0.15) is 0 Å². The minimum Gasteiger partial charge on any atom is -0.313 e. The van der Waals surface area contributed by atoms with Crippen molar-refractivity contribution in [3.05, 3.63) is 68.7 Å². The average molecular weight is 308 g/mol. The molecule has 0 radical (unpaired) electrons. The van der Waals surface area contributed by atoms with Crippen LogP contribution in [0, 0.1) is 13.8 Å². The molecule has 2 rings (SSSR count). The summed E-state index contributed by atoms with van der Waals surface area (Å²) in [7, 11) is 1.95. The summed E-state index contributed by atoms with van der Waals surface area (Å²) in [5, 5.41) is 4.94. The lowest BCUT2D eigenvalue weighted by atomic mass is 9.97. The van der Waals surface area contributed by atoms with Crippen LogP contribution in [-0.4, -0.2) is 7.05 Å². The van der Waals surface area contributed by atoms with E-state index in [0.717, 1.165) is 27.6 Å². The second-order valence-corrected chi connectivity index (χ2v) is 5.98. The molecule has 0 amide bonds. The molecule has 0 heterocycles. The smallest absolute Gasteiger partial charge is 0.0456 e. The Hall–Kier alpha value is -1.02. The molecule has 0 fully saturated rings. The molecular weight excluding hydrogens is 289 g/mol. The minimum absolute atomic E-state index is 0.156. The third kappa shape index (κ3) is 3.54. The number of hydrogen-bond donors (Lipinski definition) is 1. The molecule has 106 valence electrons. The van der Waals surface area contributed by atoms with Gasteiger partial charge in [0.2, 0.25) is 0 Å². The molecule has 1 N–H and O–H groups in total. The summed E-state index contributed by atoms with van der Waals surface area (Å²) >= 11 is 12.7. The minimum atomic E-state index is 0.156. The van der Waals surface area contributed by atoms with Gasteiger partial charge in [0.15, 0.2) is 0 Å². The summed E-state index contributed by atoms with van der Waals surface area (Å²) in [5.74, 6) is 0. The molecule has 1 atom stereocenters. The van der Waals surface area contributed by atoms with Gasteiger partial charge in [-0.3, -0.25) is 0 Å². The Morgan fingerprint density at radius 3 is 2.10 bits per heavy atom. The highest BCUT2D eigenvalue weighted by atomic mass is 35.5. The first kappa shape index (κ1) is 15.4. The fourth-order valence-corrected chi connectivity index (χ4v) is 3.00. The predicted molar refractivity (Wildman–Crippen MR) is 87.9 cm³/mol. The van der Waals surface area contributed by atoms with Gasteiger partial charge in [0.25, 0.3) is 0 Å². The molecule has 0 spiro atoms. The standard InChI is InChI=1S/C17H19Cl2N/c1-11-4-6-13(15(18)8-11)10-17(20-3)14-7-5-12(2)9-16(14)19/h4-9,17,20H,10H2,1-3H3. The molecular formula is C17H19Cl2N. The number of halogens is 2. The number of hydrogen-bond acceptors (Lipinski definition) is 1. The van der Waals surface area contributed by atoms with E-state index in [-0.39, 0.29) is 6.04 Å². The van der Waals surface area contributed by atoms with Crippen LogP contribution >= 0.6 is 23.2 Å². The Kier molecular flexibility index (Phi) is 5.09. The van der Waals surface area contributed by atoms with Crippen molar-refractivity contribution in [1.29, 1.82) is 0 Å². The van der Waals surface area contributed by atoms with Crippen LogP contribution in [0.3, 0.4) is 0 Å². The SMILES string of the molecule is CNC(Cc1ccc(C)cc1Cl)c1ccc(C)cc1Cl. The van der Waals surface area contributed by atoms with Crippen molar-refractivity contribution in [2.75, 3.05) is 7.05 Å². The second-order valence-electron chi connectivity index (χ2n) is 5.17. The van der Waals surface area contributed by atoms with Crippen molar-refractivity contribution in [2.45, 2.75) is 26.3 Å². The van der Waals surface area contributed by atoms with Crippen LogP contribution in [0.5, 0.6) is 0 Å². The molecule has 0 aliphatic carbocycles. The van der Waals surface area contributed by atoms with Crippen molar-refractivity contribution in [3.63, 3.8) is 0 Å². The maximum Gasteiger partial charge on any atom is 0.0456 e. The van der Waals surface area contributed by atoms with Gasteiger partial charge in [-0.1, -0.05) is 47.5 Å². The molecule has 1 nitrogen and oxygen atoms in total. The van der Waals surface area contributed by atoms with E-state index < -0.39 is 0 Å². The zero-order chi connectivity index (χ0) is 14.7. The summed E-state index contributed by atoms with van der Waals surface area (Å²) in [4.78, 5) is 0. The highest BCUT2D eigenvalue weighted by molar-refractivity contribution is 6.32. The molecule has 0 aromatic heterocycles. The number of aryl methyl sites for hydroxylation is 2. The van der Waals surface area contributed by atoms with E-state index in [9.17, 15) is 0 Å². The first-order chi connectivity index (χ1) is 9.51. The number of nitrogens with one attached hydrogen (secondary N) is 1. The van der Waals surface area contributed by atoms with Crippen molar-refractivity contribution >= 4 is 23.2 Å². The monoisotopic (exact) mass is 307 g/mol. The maximum absolute atomic E-state index is 6.36. The van der Waals surface area contributed by atoms with Crippen LogP contribution in [0.2, 0.25) is 10.0 Å². The Labute approximate surface area is 130 Å². The lowest BCUT2D eigenvalue weighted by Crippen LogP contribution is -2.19. The molecule has 2 aromatic rings. The van der Waals surface area contributed by atoms with Gasteiger partial charge >= 0.3 is 0 Å². The Bertz CT molecular complexity index is 608. The van der Waals surface area contributed by atoms with Gasteiger partial charge in [0, 0.05) is 16.1 Å². The number of rotatable bonds is 4. The van der Waals surface area contributed by atoms with E-state index in [1.54, 1.807) is 0 Å². The lowest BCUT2D eigenvalue weighted by Gasteiger charge is -2.19. The third-order valence-corrected chi connectivity index (χ3v) is 4.19. The molecule has 2 aromatic carbocycles. The molecule has 0 aliphatic heterocycles. The Morgan fingerprint density at radius 1 is 0.950 bits per heavy atom. The molecule has 1 unspecified atom stereocenters. The molecule has 20 heavy (non-hydrogen) atoms. The number of benzene rings is 2. The summed E-state index contributed by atoms with van der Waals surface area (Å²) in [6, 6.07) is 12.5. The van der Waals surface area contributed by atoms with E-state index in [0.29, 0.717) is 0 Å². The molecule has 3 heteroatoms. The van der Waals surface area contributed by atoms with Crippen molar-refractivity contribution in [1.82, 2.24) is 5.32 Å². The summed E-state index contributed by atoms with van der Waals surface area (Å²) in [5.41, 5.74) is 4.58. The molecule has 0 saturated heterocycles. The normalized spacial score (nSPS) is 12.4. The maximum atomic E-state index is 6.36. The van der Waals surface area contributed by atoms with E-state index in [4.69, 9.17) is 23.2 Å². The van der Waals surface area contributed by atoms with E-state index in [1.807, 2.05) is 33.0 Å². The largest absolute Gasteiger partial charge is 0.313 e. The first-order valence-corrected chi connectivity index (χ1v) is 7.45. The van der Waals surface area contributed by atoms with Crippen molar-refractivity contribution in [3.8, 4) is 0 Å². The third-order valence-electron chi connectivity index (χ3n) is 3.51. The molecule has 0 aliphatic rings. The summed E-state index contributed by atoms with van der Waals surface area (Å²) in [6.07, 6.45) is 0.818. The van der Waals surface area contributed by atoms with E-state index >= 15 is 0 Å². The molecule has 0 bridgehead atoms. The zero-order valence-corrected chi connectivity index (χ0v) is 13.5. The fraction of sp³-hybridized carbons (Fsp3) is 0.294. The first-order valence-electron chi connectivity index (χ1n) is 6.69. The fourth-order valence-electron chi connectivity index (χ4n) is 2.32. The van der Waals surface area contributed by atoms with E-state index in [2.05, 4.69) is 29.6 Å².